The summed E-state index contributed by atoms with van der Waals surface area (Å²) in [4.78, 5) is 22.0. The van der Waals surface area contributed by atoms with Gasteiger partial charge >= 0.3 is 0 Å². The van der Waals surface area contributed by atoms with Gasteiger partial charge in [-0.1, -0.05) is 0 Å². The van der Waals surface area contributed by atoms with Crippen molar-refractivity contribution >= 4 is 17.5 Å². The zero-order chi connectivity index (χ0) is 15.8. The number of nitro groups is 1. The fourth-order valence-corrected chi connectivity index (χ4v) is 1.82. The molecule has 0 spiro atoms. The number of ketones is 1. The number of carbonyl (C=O) groups excluding carboxylic acids is 1. The molecule has 0 unspecified atom stereocenters. The van der Waals surface area contributed by atoms with Gasteiger partial charge in [-0.3, -0.25) is 14.9 Å². The number of hydrogen-bond donors (Lipinski definition) is 3. The lowest BCUT2D eigenvalue weighted by Gasteiger charge is -2.07. The van der Waals surface area contributed by atoms with Crippen molar-refractivity contribution in [3.63, 3.8) is 0 Å². The van der Waals surface area contributed by atoms with E-state index in [1.165, 1.54) is 24.3 Å². The lowest BCUT2D eigenvalue weighted by molar-refractivity contribution is -0.385. The van der Waals surface area contributed by atoms with E-state index in [-0.39, 0.29) is 35.6 Å². The summed E-state index contributed by atoms with van der Waals surface area (Å²) in [5.74, 6) is -0.175. The minimum absolute atomic E-state index is 0.175. The van der Waals surface area contributed by atoms with Gasteiger partial charge in [0.15, 0.2) is 5.78 Å². The minimum Gasteiger partial charge on any atom is -0.392 e. The van der Waals surface area contributed by atoms with Crippen LogP contribution >= 0.6 is 0 Å². The summed E-state index contributed by atoms with van der Waals surface area (Å²) in [6.45, 7) is -0.356. The molecule has 0 saturated heterocycles. The maximum Gasteiger partial charge on any atom is 0.276 e. The van der Waals surface area contributed by atoms with Gasteiger partial charge in [0.2, 0.25) is 0 Å². The summed E-state index contributed by atoms with van der Waals surface area (Å²) >= 11 is 0. The normalized spacial score (nSPS) is 11.0. The number of hydrogen-bond acceptors (Lipinski definition) is 6. The van der Waals surface area contributed by atoms with Crippen LogP contribution in [0.5, 0.6) is 0 Å². The molecule has 0 aromatic heterocycles. The molecule has 114 valence electrons. The summed E-state index contributed by atoms with van der Waals surface area (Å²) in [5, 5.41) is 29.4. The van der Waals surface area contributed by atoms with Crippen LogP contribution in [-0.2, 0) is 18.0 Å². The van der Waals surface area contributed by atoms with Crippen LogP contribution in [0.25, 0.3) is 6.08 Å². The Hall–Kier alpha value is -2.09. The standard InChI is InChI=1S/C14H18N2O5/c15-5-1-2-13(19)4-3-10-6-11(8-17)12(9-18)7-14(10)16(20)21/h3-4,6-7,17-18H,1-2,5,8-9,15H2/b4-3+. The van der Waals surface area contributed by atoms with E-state index in [1.807, 2.05) is 0 Å². The van der Waals surface area contributed by atoms with E-state index >= 15 is 0 Å². The highest BCUT2D eigenvalue weighted by molar-refractivity contribution is 5.94. The topological polar surface area (TPSA) is 127 Å². The molecule has 0 aliphatic heterocycles. The molecule has 0 heterocycles. The quantitative estimate of drug-likeness (QED) is 0.371. The van der Waals surface area contributed by atoms with Gasteiger partial charge in [-0.25, -0.2) is 0 Å². The molecule has 0 aliphatic carbocycles. The van der Waals surface area contributed by atoms with E-state index in [1.54, 1.807) is 0 Å². The zero-order valence-electron chi connectivity index (χ0n) is 11.5. The number of aliphatic hydroxyl groups is 2. The first-order valence-corrected chi connectivity index (χ1v) is 6.46. The third kappa shape index (κ3) is 4.75. The Balaban J connectivity index is 3.12. The highest BCUT2D eigenvalue weighted by Crippen LogP contribution is 2.25. The van der Waals surface area contributed by atoms with Crippen LogP contribution in [0.4, 0.5) is 5.69 Å². The summed E-state index contributed by atoms with van der Waals surface area (Å²) in [6.07, 6.45) is 3.44. The average Bonchev–Trinajstić information content (AvgIpc) is 2.49. The van der Waals surface area contributed by atoms with E-state index in [9.17, 15) is 20.0 Å². The molecule has 0 fully saturated rings. The van der Waals surface area contributed by atoms with E-state index in [2.05, 4.69) is 0 Å². The second-order valence-corrected chi connectivity index (χ2v) is 4.44. The lowest BCUT2D eigenvalue weighted by atomic mass is 10.0. The summed E-state index contributed by atoms with van der Waals surface area (Å²) in [7, 11) is 0. The van der Waals surface area contributed by atoms with Crippen molar-refractivity contribution in [1.82, 2.24) is 0 Å². The summed E-state index contributed by atoms with van der Waals surface area (Å²) in [5.41, 5.74) is 5.96. The molecule has 0 radical (unpaired) electrons. The van der Waals surface area contributed by atoms with Crippen molar-refractivity contribution in [2.24, 2.45) is 5.73 Å². The van der Waals surface area contributed by atoms with Gasteiger partial charge < -0.3 is 15.9 Å². The second kappa shape index (κ2) is 8.25. The van der Waals surface area contributed by atoms with Crippen molar-refractivity contribution in [2.45, 2.75) is 26.1 Å². The van der Waals surface area contributed by atoms with Crippen LogP contribution in [-0.4, -0.2) is 27.5 Å². The smallest absolute Gasteiger partial charge is 0.276 e. The Morgan fingerprint density at radius 3 is 2.43 bits per heavy atom. The van der Waals surface area contributed by atoms with E-state index in [0.717, 1.165) is 0 Å². The van der Waals surface area contributed by atoms with E-state index < -0.39 is 11.5 Å². The van der Waals surface area contributed by atoms with Gasteiger partial charge in [0.05, 0.1) is 23.7 Å². The van der Waals surface area contributed by atoms with Crippen LogP contribution in [0.2, 0.25) is 0 Å². The third-order valence-electron chi connectivity index (χ3n) is 2.96. The molecular formula is C14H18N2O5. The summed E-state index contributed by atoms with van der Waals surface area (Å²) < 4.78 is 0. The molecule has 0 saturated carbocycles. The number of nitro benzene ring substituents is 1. The fourth-order valence-electron chi connectivity index (χ4n) is 1.82. The van der Waals surface area contributed by atoms with Crippen molar-refractivity contribution in [3.05, 3.63) is 45.0 Å². The van der Waals surface area contributed by atoms with Crippen LogP contribution in [0.3, 0.4) is 0 Å². The van der Waals surface area contributed by atoms with Gasteiger partial charge in [0, 0.05) is 12.5 Å². The lowest BCUT2D eigenvalue weighted by Crippen LogP contribution is -2.02. The first-order valence-electron chi connectivity index (χ1n) is 6.46. The molecule has 4 N–H and O–H groups in total. The minimum atomic E-state index is -0.593. The molecule has 7 heteroatoms. The van der Waals surface area contributed by atoms with Crippen molar-refractivity contribution in [1.29, 1.82) is 0 Å². The molecule has 0 amide bonds. The number of aliphatic hydroxyl groups excluding tert-OH is 2. The SMILES string of the molecule is NCCCC(=O)/C=C/c1cc(CO)c(CO)cc1[N+](=O)[O-]. The number of nitrogens with zero attached hydrogens (tertiary/aromatic N) is 1. The molecule has 1 aromatic rings. The molecule has 21 heavy (non-hydrogen) atoms. The Bertz CT molecular complexity index is 555. The zero-order valence-corrected chi connectivity index (χ0v) is 11.5. The molecule has 0 aliphatic rings. The predicted octanol–water partition coefficient (Wildman–Crippen LogP) is 0.901. The highest BCUT2D eigenvalue weighted by atomic mass is 16.6. The van der Waals surface area contributed by atoms with Crippen LogP contribution in [0.1, 0.15) is 29.5 Å². The highest BCUT2D eigenvalue weighted by Gasteiger charge is 2.16. The molecular weight excluding hydrogens is 276 g/mol. The maximum absolute atomic E-state index is 11.5. The molecule has 1 rings (SSSR count). The number of benzene rings is 1. The average molecular weight is 294 g/mol. The Kier molecular flexibility index (Phi) is 6.67. The van der Waals surface area contributed by atoms with Gasteiger partial charge in [-0.15, -0.1) is 0 Å². The van der Waals surface area contributed by atoms with Gasteiger partial charge in [-0.05, 0) is 42.3 Å². The fraction of sp³-hybridized carbons (Fsp3) is 0.357. The van der Waals surface area contributed by atoms with Crippen LogP contribution in [0.15, 0.2) is 18.2 Å². The monoisotopic (exact) mass is 294 g/mol. The first kappa shape index (κ1) is 17.0. The third-order valence-corrected chi connectivity index (χ3v) is 2.96. The number of nitrogens with two attached hydrogens (primary N) is 1. The first-order chi connectivity index (χ1) is 10.0. The van der Waals surface area contributed by atoms with Crippen LogP contribution < -0.4 is 5.73 Å². The van der Waals surface area contributed by atoms with Crippen LogP contribution in [0, 0.1) is 10.1 Å². The molecule has 0 atom stereocenters. The summed E-state index contributed by atoms with van der Waals surface area (Å²) in [6, 6.07) is 2.60. The molecule has 1 aromatic carbocycles. The molecule has 0 bridgehead atoms. The van der Waals surface area contributed by atoms with E-state index in [0.29, 0.717) is 18.5 Å². The number of allylic oxidation sites excluding steroid dienone is 1. The predicted molar refractivity (Wildman–Crippen MR) is 77.3 cm³/mol. The maximum atomic E-state index is 11.5. The second-order valence-electron chi connectivity index (χ2n) is 4.44. The van der Waals surface area contributed by atoms with Crippen molar-refractivity contribution < 1.29 is 19.9 Å². The van der Waals surface area contributed by atoms with E-state index in [4.69, 9.17) is 10.8 Å². The number of rotatable bonds is 8. The van der Waals surface area contributed by atoms with Gasteiger partial charge in [-0.2, -0.15) is 0 Å². The molecule has 7 nitrogen and oxygen atoms in total. The van der Waals surface area contributed by atoms with Crippen molar-refractivity contribution in [2.75, 3.05) is 6.54 Å². The Labute approximate surface area is 121 Å². The largest absolute Gasteiger partial charge is 0.392 e. The Morgan fingerprint density at radius 1 is 1.29 bits per heavy atom. The van der Waals surface area contributed by atoms with Crippen molar-refractivity contribution in [3.8, 4) is 0 Å². The number of carbonyl (C=O) groups is 1. The van der Waals surface area contributed by atoms with Gasteiger partial charge in [0.1, 0.15) is 0 Å². The Morgan fingerprint density at radius 2 is 1.90 bits per heavy atom. The van der Waals surface area contributed by atoms with Gasteiger partial charge in [0.25, 0.3) is 5.69 Å².